The van der Waals surface area contributed by atoms with Gasteiger partial charge in [-0.1, -0.05) is 0 Å². The van der Waals surface area contributed by atoms with E-state index in [1.54, 1.807) is 11.3 Å². The van der Waals surface area contributed by atoms with Gasteiger partial charge < -0.3 is 5.32 Å². The fraction of sp³-hybridized carbons (Fsp3) is 0.273. The first kappa shape index (κ1) is 12.1. The summed E-state index contributed by atoms with van der Waals surface area (Å²) in [6.45, 7) is 1.18. The molecule has 2 aromatic rings. The summed E-state index contributed by atoms with van der Waals surface area (Å²) in [5.41, 5.74) is 2.08. The van der Waals surface area contributed by atoms with Crippen molar-refractivity contribution in [1.82, 2.24) is 15.1 Å². The van der Waals surface area contributed by atoms with Gasteiger partial charge in [0.2, 0.25) is 5.91 Å². The zero-order valence-electron chi connectivity index (χ0n) is 9.10. The molecule has 17 heavy (non-hydrogen) atoms. The Kier molecular flexibility index (Phi) is 4.17. The summed E-state index contributed by atoms with van der Waals surface area (Å²) in [6.07, 6.45) is 1.90. The van der Waals surface area contributed by atoms with E-state index < -0.39 is 0 Å². The van der Waals surface area contributed by atoms with Crippen LogP contribution >= 0.6 is 22.9 Å². The molecule has 0 aliphatic carbocycles. The summed E-state index contributed by atoms with van der Waals surface area (Å²) >= 11 is 7.02. The maximum atomic E-state index is 10.9. The number of halogens is 1. The first-order valence-electron chi connectivity index (χ1n) is 5.18. The summed E-state index contributed by atoms with van der Waals surface area (Å²) < 4.78 is 1.81. The van der Waals surface area contributed by atoms with Gasteiger partial charge >= 0.3 is 0 Å². The molecule has 2 rings (SSSR count). The van der Waals surface area contributed by atoms with Crippen molar-refractivity contribution in [3.05, 3.63) is 29.1 Å². The van der Waals surface area contributed by atoms with E-state index in [2.05, 4.69) is 15.8 Å². The van der Waals surface area contributed by atoms with Gasteiger partial charge in [0.1, 0.15) is 5.88 Å². The Labute approximate surface area is 108 Å². The molecule has 0 unspecified atom stereocenters. The van der Waals surface area contributed by atoms with Gasteiger partial charge in [0, 0.05) is 23.7 Å². The number of hydrogen-bond acceptors (Lipinski definition) is 3. The lowest BCUT2D eigenvalue weighted by Crippen LogP contribution is -2.28. The molecule has 6 heteroatoms. The molecule has 2 aromatic heterocycles. The Morgan fingerprint density at radius 3 is 3.12 bits per heavy atom. The van der Waals surface area contributed by atoms with Crippen LogP contribution in [-0.2, 0) is 11.3 Å². The average molecular weight is 270 g/mol. The molecule has 0 aliphatic rings. The van der Waals surface area contributed by atoms with Crippen LogP contribution in [0.5, 0.6) is 0 Å². The summed E-state index contributed by atoms with van der Waals surface area (Å²) in [5, 5.41) is 11.2. The molecule has 4 nitrogen and oxygen atoms in total. The Balaban J connectivity index is 1.89. The number of aromatic nitrogens is 2. The van der Waals surface area contributed by atoms with Crippen molar-refractivity contribution in [3.8, 4) is 11.3 Å². The molecule has 0 aromatic carbocycles. The van der Waals surface area contributed by atoms with Crippen molar-refractivity contribution in [2.75, 3.05) is 12.4 Å². The van der Waals surface area contributed by atoms with Crippen LogP contribution in [0.3, 0.4) is 0 Å². The average Bonchev–Trinajstić information content (AvgIpc) is 2.98. The van der Waals surface area contributed by atoms with Crippen LogP contribution in [0.25, 0.3) is 11.3 Å². The SMILES string of the molecule is O=C(CCl)NCCn1ccc(-c2ccsc2)n1. The molecular weight excluding hydrogens is 258 g/mol. The van der Waals surface area contributed by atoms with E-state index in [0.29, 0.717) is 13.1 Å². The van der Waals surface area contributed by atoms with Crippen LogP contribution < -0.4 is 5.32 Å². The lowest BCUT2D eigenvalue weighted by Gasteiger charge is -2.02. The highest BCUT2D eigenvalue weighted by molar-refractivity contribution is 7.08. The Morgan fingerprint density at radius 2 is 2.41 bits per heavy atom. The summed E-state index contributed by atoms with van der Waals surface area (Å²) in [4.78, 5) is 10.9. The predicted molar refractivity (Wildman–Crippen MR) is 69.3 cm³/mol. The quantitative estimate of drug-likeness (QED) is 0.844. The van der Waals surface area contributed by atoms with Gasteiger partial charge in [-0.3, -0.25) is 9.48 Å². The van der Waals surface area contributed by atoms with Crippen molar-refractivity contribution in [2.45, 2.75) is 6.54 Å². The van der Waals surface area contributed by atoms with Crippen LogP contribution in [0.15, 0.2) is 29.1 Å². The number of rotatable bonds is 5. The molecule has 90 valence electrons. The van der Waals surface area contributed by atoms with E-state index in [-0.39, 0.29) is 11.8 Å². The normalized spacial score (nSPS) is 10.4. The minimum atomic E-state index is -0.156. The molecule has 0 spiro atoms. The Morgan fingerprint density at radius 1 is 1.53 bits per heavy atom. The minimum absolute atomic E-state index is 0.000733. The highest BCUT2D eigenvalue weighted by atomic mass is 35.5. The van der Waals surface area contributed by atoms with E-state index in [0.717, 1.165) is 11.3 Å². The van der Waals surface area contributed by atoms with E-state index in [9.17, 15) is 4.79 Å². The number of hydrogen-bond donors (Lipinski definition) is 1. The molecule has 0 bridgehead atoms. The molecule has 0 atom stereocenters. The monoisotopic (exact) mass is 269 g/mol. The molecule has 1 N–H and O–H groups in total. The highest BCUT2D eigenvalue weighted by Crippen LogP contribution is 2.19. The molecule has 1 amide bonds. The number of nitrogens with one attached hydrogen (secondary N) is 1. The van der Waals surface area contributed by atoms with E-state index in [1.165, 1.54) is 0 Å². The first-order valence-corrected chi connectivity index (χ1v) is 6.66. The second kappa shape index (κ2) is 5.84. The van der Waals surface area contributed by atoms with Gasteiger partial charge in [0.05, 0.1) is 12.2 Å². The van der Waals surface area contributed by atoms with Gasteiger partial charge in [0.25, 0.3) is 0 Å². The van der Waals surface area contributed by atoms with Crippen LogP contribution in [0.4, 0.5) is 0 Å². The van der Waals surface area contributed by atoms with Gasteiger partial charge in [-0.2, -0.15) is 16.4 Å². The zero-order valence-corrected chi connectivity index (χ0v) is 10.7. The van der Waals surface area contributed by atoms with Crippen molar-refractivity contribution in [3.63, 3.8) is 0 Å². The molecule has 2 heterocycles. The maximum absolute atomic E-state index is 10.9. The van der Waals surface area contributed by atoms with E-state index >= 15 is 0 Å². The van der Waals surface area contributed by atoms with E-state index in [1.807, 2.05) is 28.4 Å². The fourth-order valence-electron chi connectivity index (χ4n) is 1.41. The smallest absolute Gasteiger partial charge is 0.234 e. The number of alkyl halides is 1. The Bertz CT molecular complexity index is 481. The topological polar surface area (TPSA) is 46.9 Å². The lowest BCUT2D eigenvalue weighted by atomic mass is 10.2. The second-order valence-electron chi connectivity index (χ2n) is 3.46. The molecule has 0 saturated carbocycles. The first-order chi connectivity index (χ1) is 8.29. The number of amides is 1. The molecule has 0 fully saturated rings. The van der Waals surface area contributed by atoms with Crippen LogP contribution in [0.1, 0.15) is 0 Å². The zero-order chi connectivity index (χ0) is 12.1. The number of thiophene rings is 1. The van der Waals surface area contributed by atoms with Crippen molar-refractivity contribution in [1.29, 1.82) is 0 Å². The fourth-order valence-corrected chi connectivity index (χ4v) is 2.15. The van der Waals surface area contributed by atoms with Crippen molar-refractivity contribution in [2.24, 2.45) is 0 Å². The van der Waals surface area contributed by atoms with Crippen molar-refractivity contribution < 1.29 is 4.79 Å². The number of carbonyl (C=O) groups is 1. The highest BCUT2D eigenvalue weighted by Gasteiger charge is 2.03. The summed E-state index contributed by atoms with van der Waals surface area (Å²) in [6, 6.07) is 4.00. The van der Waals surface area contributed by atoms with Gasteiger partial charge in [-0.05, 0) is 17.5 Å². The number of nitrogens with zero attached hydrogens (tertiary/aromatic N) is 2. The lowest BCUT2D eigenvalue weighted by molar-refractivity contribution is -0.118. The van der Waals surface area contributed by atoms with Crippen LogP contribution in [0, 0.1) is 0 Å². The minimum Gasteiger partial charge on any atom is -0.353 e. The van der Waals surface area contributed by atoms with Gasteiger partial charge in [-0.15, -0.1) is 11.6 Å². The van der Waals surface area contributed by atoms with Crippen LogP contribution in [0.2, 0.25) is 0 Å². The third-order valence-corrected chi connectivity index (χ3v) is 3.17. The largest absolute Gasteiger partial charge is 0.353 e. The third-order valence-electron chi connectivity index (χ3n) is 2.24. The number of carbonyl (C=O) groups excluding carboxylic acids is 1. The molecule has 0 saturated heterocycles. The van der Waals surface area contributed by atoms with Crippen molar-refractivity contribution >= 4 is 28.8 Å². The third kappa shape index (κ3) is 3.31. The van der Waals surface area contributed by atoms with Crippen LogP contribution in [-0.4, -0.2) is 28.1 Å². The van der Waals surface area contributed by atoms with Gasteiger partial charge in [0.15, 0.2) is 0 Å². The summed E-state index contributed by atoms with van der Waals surface area (Å²) in [5.74, 6) is -0.156. The second-order valence-corrected chi connectivity index (χ2v) is 4.51. The molecule has 0 radical (unpaired) electrons. The molecular formula is C11H12ClN3OS. The Hall–Kier alpha value is -1.33. The maximum Gasteiger partial charge on any atom is 0.234 e. The predicted octanol–water partition coefficient (Wildman–Crippen LogP) is 1.97. The van der Waals surface area contributed by atoms with E-state index in [4.69, 9.17) is 11.6 Å². The standard InChI is InChI=1S/C11H12ClN3OS/c12-7-11(16)13-3-5-15-4-1-10(14-15)9-2-6-17-8-9/h1-2,4,6,8H,3,5,7H2,(H,13,16). The summed E-state index contributed by atoms with van der Waals surface area (Å²) in [7, 11) is 0. The van der Waals surface area contributed by atoms with Gasteiger partial charge in [-0.25, -0.2) is 0 Å². The molecule has 0 aliphatic heterocycles.